The number of hydrazine groups is 1. The third-order valence-corrected chi connectivity index (χ3v) is 4.40. The largest absolute Gasteiger partial charge is 0.369 e. The van der Waals surface area contributed by atoms with E-state index in [1.54, 1.807) is 6.33 Å². The van der Waals surface area contributed by atoms with E-state index in [0.717, 1.165) is 42.5 Å². The molecule has 1 atom stereocenters. The van der Waals surface area contributed by atoms with E-state index in [1.165, 1.54) is 17.9 Å². The van der Waals surface area contributed by atoms with Gasteiger partial charge in [-0.2, -0.15) is 11.8 Å². The summed E-state index contributed by atoms with van der Waals surface area (Å²) in [4.78, 5) is 8.51. The van der Waals surface area contributed by atoms with Gasteiger partial charge in [-0.25, -0.2) is 15.8 Å². The fourth-order valence-electron chi connectivity index (χ4n) is 2.16. The van der Waals surface area contributed by atoms with Crippen molar-refractivity contribution in [1.82, 2.24) is 9.97 Å². The van der Waals surface area contributed by atoms with Crippen LogP contribution in [0.3, 0.4) is 0 Å². The van der Waals surface area contributed by atoms with E-state index in [4.69, 9.17) is 5.84 Å². The lowest BCUT2D eigenvalue weighted by Gasteiger charge is -2.15. The van der Waals surface area contributed by atoms with Crippen LogP contribution >= 0.6 is 11.8 Å². The molecule has 1 aromatic rings. The van der Waals surface area contributed by atoms with Gasteiger partial charge in [0.2, 0.25) is 0 Å². The number of rotatable bonds is 6. The molecule has 1 unspecified atom stereocenters. The Morgan fingerprint density at radius 2 is 2.28 bits per heavy atom. The van der Waals surface area contributed by atoms with Gasteiger partial charge in [-0.1, -0.05) is 13.3 Å². The first-order valence-corrected chi connectivity index (χ1v) is 7.62. The van der Waals surface area contributed by atoms with Crippen LogP contribution in [0.5, 0.6) is 0 Å². The summed E-state index contributed by atoms with van der Waals surface area (Å²) in [7, 11) is 0. The van der Waals surface area contributed by atoms with E-state index in [2.05, 4.69) is 27.6 Å². The minimum Gasteiger partial charge on any atom is -0.369 e. The fraction of sp³-hybridized carbons (Fsp3) is 0.667. The van der Waals surface area contributed by atoms with Crippen LogP contribution < -0.4 is 16.6 Å². The Morgan fingerprint density at radius 1 is 1.44 bits per heavy atom. The zero-order valence-corrected chi connectivity index (χ0v) is 11.6. The summed E-state index contributed by atoms with van der Waals surface area (Å²) < 4.78 is 0. The molecular weight excluding hydrogens is 246 g/mol. The van der Waals surface area contributed by atoms with Gasteiger partial charge in [0.25, 0.3) is 0 Å². The lowest BCUT2D eigenvalue weighted by Crippen LogP contribution is -2.18. The van der Waals surface area contributed by atoms with Gasteiger partial charge in [-0.15, -0.1) is 0 Å². The predicted octanol–water partition coefficient (Wildman–Crippen LogP) is 1.88. The molecule has 0 aliphatic carbocycles. The minimum atomic E-state index is 0.732. The standard InChI is InChI=1S/C12H21N5S/c1-2-3-10-11(15-8-16-12(10)17-13)14-6-9-4-5-18-7-9/h8-9H,2-7,13H2,1H3,(H2,14,15,16,17). The summed E-state index contributed by atoms with van der Waals surface area (Å²) >= 11 is 2.03. The molecule has 18 heavy (non-hydrogen) atoms. The van der Waals surface area contributed by atoms with Gasteiger partial charge in [-0.3, -0.25) is 0 Å². The van der Waals surface area contributed by atoms with Gasteiger partial charge in [-0.05, 0) is 30.3 Å². The summed E-state index contributed by atoms with van der Waals surface area (Å²) in [6.07, 6.45) is 4.84. The Morgan fingerprint density at radius 3 is 2.94 bits per heavy atom. The molecular formula is C12H21N5S. The van der Waals surface area contributed by atoms with Crippen molar-refractivity contribution in [2.45, 2.75) is 26.2 Å². The van der Waals surface area contributed by atoms with E-state index in [-0.39, 0.29) is 0 Å². The lowest BCUT2D eigenvalue weighted by molar-refractivity contribution is 0.629. The van der Waals surface area contributed by atoms with Gasteiger partial charge >= 0.3 is 0 Å². The molecule has 1 aliphatic heterocycles. The SMILES string of the molecule is CCCc1c(NN)ncnc1NCC1CCSC1. The molecule has 0 bridgehead atoms. The molecule has 100 valence electrons. The highest BCUT2D eigenvalue weighted by Gasteiger charge is 2.16. The second-order valence-corrected chi connectivity index (χ2v) is 5.70. The molecule has 2 heterocycles. The fourth-order valence-corrected chi connectivity index (χ4v) is 3.45. The van der Waals surface area contributed by atoms with Crippen LogP contribution in [0, 0.1) is 5.92 Å². The number of nitrogens with two attached hydrogens (primary N) is 1. The van der Waals surface area contributed by atoms with E-state index in [0.29, 0.717) is 0 Å². The van der Waals surface area contributed by atoms with Crippen LogP contribution in [-0.2, 0) is 6.42 Å². The first-order valence-electron chi connectivity index (χ1n) is 6.47. The minimum absolute atomic E-state index is 0.732. The second kappa shape index (κ2) is 6.80. The summed E-state index contributed by atoms with van der Waals surface area (Å²) in [5.74, 6) is 10.5. The van der Waals surface area contributed by atoms with Crippen LogP contribution in [-0.4, -0.2) is 28.0 Å². The zero-order chi connectivity index (χ0) is 12.8. The van der Waals surface area contributed by atoms with Crippen molar-refractivity contribution in [3.05, 3.63) is 11.9 Å². The number of nitrogen functional groups attached to an aromatic ring is 1. The van der Waals surface area contributed by atoms with Crippen LogP contribution in [0.2, 0.25) is 0 Å². The highest BCUT2D eigenvalue weighted by atomic mass is 32.2. The Balaban J connectivity index is 2.05. The smallest absolute Gasteiger partial charge is 0.148 e. The highest BCUT2D eigenvalue weighted by molar-refractivity contribution is 7.99. The molecule has 1 fully saturated rings. The molecule has 0 radical (unpaired) electrons. The number of aromatic nitrogens is 2. The Bertz CT molecular complexity index is 379. The second-order valence-electron chi connectivity index (χ2n) is 4.55. The lowest BCUT2D eigenvalue weighted by atomic mass is 10.1. The number of nitrogens with one attached hydrogen (secondary N) is 2. The van der Waals surface area contributed by atoms with E-state index < -0.39 is 0 Å². The summed E-state index contributed by atoms with van der Waals surface area (Å²) in [5.41, 5.74) is 3.74. The van der Waals surface area contributed by atoms with Crippen molar-refractivity contribution in [1.29, 1.82) is 0 Å². The molecule has 0 amide bonds. The molecule has 2 rings (SSSR count). The number of hydrogen-bond donors (Lipinski definition) is 3. The van der Waals surface area contributed by atoms with Crippen molar-refractivity contribution in [3.8, 4) is 0 Å². The summed E-state index contributed by atoms with van der Waals surface area (Å²) in [6.45, 7) is 3.13. The van der Waals surface area contributed by atoms with Gasteiger partial charge < -0.3 is 10.7 Å². The molecule has 6 heteroatoms. The van der Waals surface area contributed by atoms with Gasteiger partial charge in [0.1, 0.15) is 18.0 Å². The third-order valence-electron chi connectivity index (χ3n) is 3.16. The molecule has 5 nitrogen and oxygen atoms in total. The molecule has 0 saturated carbocycles. The van der Waals surface area contributed by atoms with Crippen molar-refractivity contribution in [3.63, 3.8) is 0 Å². The maximum Gasteiger partial charge on any atom is 0.148 e. The first kappa shape index (κ1) is 13.4. The quantitative estimate of drug-likeness (QED) is 0.540. The molecule has 0 aromatic carbocycles. The van der Waals surface area contributed by atoms with E-state index in [9.17, 15) is 0 Å². The predicted molar refractivity (Wildman–Crippen MR) is 77.8 cm³/mol. The molecule has 1 aliphatic rings. The maximum atomic E-state index is 5.50. The van der Waals surface area contributed by atoms with Crippen molar-refractivity contribution < 1.29 is 0 Å². The molecule has 4 N–H and O–H groups in total. The Hall–Kier alpha value is -1.01. The van der Waals surface area contributed by atoms with Crippen LogP contribution in [0.25, 0.3) is 0 Å². The molecule has 1 aromatic heterocycles. The van der Waals surface area contributed by atoms with Crippen LogP contribution in [0.1, 0.15) is 25.3 Å². The Labute approximate surface area is 112 Å². The van der Waals surface area contributed by atoms with Gasteiger partial charge in [0.15, 0.2) is 0 Å². The number of nitrogens with zero attached hydrogens (tertiary/aromatic N) is 2. The third kappa shape index (κ3) is 3.26. The number of anilines is 2. The highest BCUT2D eigenvalue weighted by Crippen LogP contribution is 2.25. The number of hydrogen-bond acceptors (Lipinski definition) is 6. The normalized spacial score (nSPS) is 18.9. The van der Waals surface area contributed by atoms with Crippen molar-refractivity contribution in [2.75, 3.05) is 28.8 Å². The summed E-state index contributed by atoms with van der Waals surface area (Å²) in [6, 6.07) is 0. The zero-order valence-electron chi connectivity index (χ0n) is 10.8. The first-order chi connectivity index (χ1) is 8.85. The van der Waals surface area contributed by atoms with Crippen molar-refractivity contribution >= 4 is 23.4 Å². The van der Waals surface area contributed by atoms with Crippen molar-refractivity contribution in [2.24, 2.45) is 11.8 Å². The average Bonchev–Trinajstić information content (AvgIpc) is 2.91. The van der Waals surface area contributed by atoms with E-state index >= 15 is 0 Å². The Kier molecular flexibility index (Phi) is 5.07. The number of thioether (sulfide) groups is 1. The van der Waals surface area contributed by atoms with Crippen LogP contribution in [0.4, 0.5) is 11.6 Å². The molecule has 1 saturated heterocycles. The monoisotopic (exact) mass is 267 g/mol. The van der Waals surface area contributed by atoms with Gasteiger partial charge in [0.05, 0.1) is 0 Å². The maximum absolute atomic E-state index is 5.50. The topological polar surface area (TPSA) is 75.9 Å². The van der Waals surface area contributed by atoms with Gasteiger partial charge in [0, 0.05) is 12.1 Å². The average molecular weight is 267 g/mol. The van der Waals surface area contributed by atoms with E-state index in [1.807, 2.05) is 11.8 Å². The molecule has 0 spiro atoms. The summed E-state index contributed by atoms with van der Waals surface area (Å²) in [5, 5.41) is 3.45. The van der Waals surface area contributed by atoms with Crippen LogP contribution in [0.15, 0.2) is 6.33 Å².